The van der Waals surface area contributed by atoms with Crippen LogP contribution in [0.15, 0.2) is 43.0 Å². The highest BCUT2D eigenvalue weighted by Gasteiger charge is 2.09. The van der Waals surface area contributed by atoms with Crippen molar-refractivity contribution in [3.63, 3.8) is 0 Å². The van der Waals surface area contributed by atoms with Crippen molar-refractivity contribution in [3.8, 4) is 23.0 Å². The fourth-order valence-corrected chi connectivity index (χ4v) is 1.80. The molecule has 19 heavy (non-hydrogen) atoms. The van der Waals surface area contributed by atoms with Gasteiger partial charge in [-0.2, -0.15) is 0 Å². The lowest BCUT2D eigenvalue weighted by atomic mass is 9.99. The van der Waals surface area contributed by atoms with E-state index in [4.69, 9.17) is 4.74 Å². The summed E-state index contributed by atoms with van der Waals surface area (Å²) >= 11 is 0. The van der Waals surface area contributed by atoms with Crippen molar-refractivity contribution in [1.29, 1.82) is 0 Å². The van der Waals surface area contributed by atoms with Crippen LogP contribution in [0, 0.1) is 0 Å². The van der Waals surface area contributed by atoms with Gasteiger partial charge < -0.3 is 20.1 Å². The predicted octanol–water partition coefficient (Wildman–Crippen LogP) is 2.87. The van der Waals surface area contributed by atoms with E-state index in [-0.39, 0.29) is 17.2 Å². The minimum Gasteiger partial charge on any atom is -0.508 e. The number of phenolic OH excluding ortho intramolecular Hbond substituents is 3. The monoisotopic (exact) mass is 258 g/mol. The summed E-state index contributed by atoms with van der Waals surface area (Å²) < 4.78 is 5.03. The van der Waals surface area contributed by atoms with Crippen LogP contribution >= 0.6 is 0 Å². The van der Waals surface area contributed by atoms with Gasteiger partial charge in [0.25, 0.3) is 0 Å². The van der Waals surface area contributed by atoms with Gasteiger partial charge in [-0.15, -0.1) is 0 Å². The Morgan fingerprint density at radius 1 is 0.947 bits per heavy atom. The minimum absolute atomic E-state index is 0.0396. The van der Waals surface area contributed by atoms with Crippen LogP contribution in [0.5, 0.6) is 23.0 Å². The number of phenols is 3. The Balaban J connectivity index is 2.43. The molecule has 2 rings (SSSR count). The Kier molecular flexibility index (Phi) is 3.33. The summed E-state index contributed by atoms with van der Waals surface area (Å²) in [6.45, 7) is 3.92. The second-order valence-corrected chi connectivity index (χ2v) is 4.10. The average Bonchev–Trinajstić information content (AvgIpc) is 2.37. The van der Waals surface area contributed by atoms with Gasteiger partial charge >= 0.3 is 0 Å². The van der Waals surface area contributed by atoms with Crippen molar-refractivity contribution >= 4 is 5.57 Å². The van der Waals surface area contributed by atoms with Crippen LogP contribution in [0.25, 0.3) is 5.57 Å². The van der Waals surface area contributed by atoms with Crippen LogP contribution in [-0.2, 0) is 0 Å². The summed E-state index contributed by atoms with van der Waals surface area (Å²) in [6.07, 6.45) is 0. The molecule has 0 saturated carbocycles. The van der Waals surface area contributed by atoms with E-state index in [1.54, 1.807) is 12.1 Å². The highest BCUT2D eigenvalue weighted by atomic mass is 16.5. The van der Waals surface area contributed by atoms with E-state index in [1.807, 2.05) is 0 Å². The third kappa shape index (κ3) is 2.63. The molecule has 3 N–H and O–H groups in total. The first kappa shape index (κ1) is 12.8. The molecule has 0 unspecified atom stereocenters. The lowest BCUT2D eigenvalue weighted by Crippen LogP contribution is -1.89. The summed E-state index contributed by atoms with van der Waals surface area (Å²) in [5.41, 5.74) is 1.91. The Morgan fingerprint density at radius 3 is 2.16 bits per heavy atom. The van der Waals surface area contributed by atoms with Crippen LogP contribution in [0.1, 0.15) is 11.1 Å². The van der Waals surface area contributed by atoms with E-state index in [2.05, 4.69) is 6.58 Å². The largest absolute Gasteiger partial charge is 0.508 e. The number of methoxy groups -OCH3 is 1. The van der Waals surface area contributed by atoms with Gasteiger partial charge in [0.1, 0.15) is 11.5 Å². The van der Waals surface area contributed by atoms with Crippen molar-refractivity contribution < 1.29 is 20.1 Å². The zero-order chi connectivity index (χ0) is 14.0. The van der Waals surface area contributed by atoms with Gasteiger partial charge in [-0.3, -0.25) is 0 Å². The Bertz CT molecular complexity index is 612. The molecule has 2 aromatic rings. The average molecular weight is 258 g/mol. The van der Waals surface area contributed by atoms with Crippen molar-refractivity contribution in [2.45, 2.75) is 0 Å². The predicted molar refractivity (Wildman–Crippen MR) is 72.6 cm³/mol. The quantitative estimate of drug-likeness (QED) is 0.791. The smallest absolute Gasteiger partial charge is 0.161 e. The number of hydrogen-bond acceptors (Lipinski definition) is 4. The SMILES string of the molecule is C=C(c1cc(O)cc(O)c1)c1ccc(O)c(OC)c1. The Hall–Kier alpha value is -2.62. The van der Waals surface area contributed by atoms with E-state index >= 15 is 0 Å². The minimum atomic E-state index is -0.0399. The maximum absolute atomic E-state index is 9.54. The normalized spacial score (nSPS) is 10.2. The molecule has 2 aromatic carbocycles. The summed E-state index contributed by atoms with van der Waals surface area (Å²) in [4.78, 5) is 0. The fraction of sp³-hybridized carbons (Fsp3) is 0.0667. The van der Waals surface area contributed by atoms with E-state index in [0.29, 0.717) is 16.9 Å². The molecule has 0 aromatic heterocycles. The molecule has 0 atom stereocenters. The molecule has 0 radical (unpaired) electrons. The molecule has 4 heteroatoms. The van der Waals surface area contributed by atoms with Gasteiger partial charge in [0.15, 0.2) is 11.5 Å². The first-order valence-corrected chi connectivity index (χ1v) is 5.61. The second kappa shape index (κ2) is 4.94. The molecule has 0 amide bonds. The van der Waals surface area contributed by atoms with Crippen LogP contribution in [0.3, 0.4) is 0 Å². The first-order chi connectivity index (χ1) is 9.01. The number of hydrogen-bond donors (Lipinski definition) is 3. The number of rotatable bonds is 3. The van der Waals surface area contributed by atoms with E-state index in [0.717, 1.165) is 5.56 Å². The van der Waals surface area contributed by atoms with Crippen molar-refractivity contribution in [1.82, 2.24) is 0 Å². The zero-order valence-corrected chi connectivity index (χ0v) is 10.4. The fourth-order valence-electron chi connectivity index (χ4n) is 1.80. The molecule has 0 bridgehead atoms. The van der Waals surface area contributed by atoms with Crippen molar-refractivity contribution in [2.24, 2.45) is 0 Å². The molecule has 98 valence electrons. The first-order valence-electron chi connectivity index (χ1n) is 5.61. The lowest BCUT2D eigenvalue weighted by Gasteiger charge is -2.10. The second-order valence-electron chi connectivity index (χ2n) is 4.10. The lowest BCUT2D eigenvalue weighted by molar-refractivity contribution is 0.373. The Morgan fingerprint density at radius 2 is 1.58 bits per heavy atom. The van der Waals surface area contributed by atoms with Crippen LogP contribution < -0.4 is 4.74 Å². The van der Waals surface area contributed by atoms with E-state index < -0.39 is 0 Å². The topological polar surface area (TPSA) is 69.9 Å². The highest BCUT2D eigenvalue weighted by molar-refractivity contribution is 5.80. The number of ether oxygens (including phenoxy) is 1. The molecular formula is C15H14O4. The van der Waals surface area contributed by atoms with Crippen molar-refractivity contribution in [3.05, 3.63) is 54.1 Å². The van der Waals surface area contributed by atoms with Gasteiger partial charge in [-0.25, -0.2) is 0 Å². The number of aromatic hydroxyl groups is 3. The van der Waals surface area contributed by atoms with Gasteiger partial charge in [0, 0.05) is 6.07 Å². The van der Waals surface area contributed by atoms with Gasteiger partial charge in [-0.1, -0.05) is 12.6 Å². The molecular weight excluding hydrogens is 244 g/mol. The summed E-state index contributed by atoms with van der Waals surface area (Å²) in [5, 5.41) is 28.5. The molecule has 0 spiro atoms. The van der Waals surface area contributed by atoms with Crippen molar-refractivity contribution in [2.75, 3.05) is 7.11 Å². The highest BCUT2D eigenvalue weighted by Crippen LogP contribution is 2.33. The third-order valence-corrected chi connectivity index (χ3v) is 2.78. The molecule has 0 aliphatic carbocycles. The molecule has 0 aliphatic rings. The summed E-state index contributed by atoms with van der Waals surface area (Å²) in [7, 11) is 1.46. The van der Waals surface area contributed by atoms with Gasteiger partial charge in [-0.05, 0) is 41.0 Å². The van der Waals surface area contributed by atoms with Crippen LogP contribution in [0.2, 0.25) is 0 Å². The molecule has 0 aliphatic heterocycles. The summed E-state index contributed by atoms with van der Waals surface area (Å²) in [6, 6.07) is 9.07. The maximum atomic E-state index is 9.54. The molecule has 0 fully saturated rings. The standard InChI is InChI=1S/C15H14O4/c1-9(11-5-12(16)8-13(17)6-11)10-3-4-14(18)15(7-10)19-2/h3-8,16-18H,1H2,2H3. The maximum Gasteiger partial charge on any atom is 0.161 e. The Labute approximate surface area is 110 Å². The summed E-state index contributed by atoms with van der Waals surface area (Å²) in [5.74, 6) is 0.296. The molecule has 4 nitrogen and oxygen atoms in total. The van der Waals surface area contributed by atoms with E-state index in [1.165, 1.54) is 31.4 Å². The number of benzene rings is 2. The zero-order valence-electron chi connectivity index (χ0n) is 10.4. The van der Waals surface area contributed by atoms with E-state index in [9.17, 15) is 15.3 Å². The van der Waals surface area contributed by atoms with Crippen LogP contribution in [-0.4, -0.2) is 22.4 Å². The van der Waals surface area contributed by atoms with Gasteiger partial charge in [0.2, 0.25) is 0 Å². The molecule has 0 heterocycles. The van der Waals surface area contributed by atoms with Gasteiger partial charge in [0.05, 0.1) is 7.11 Å². The third-order valence-electron chi connectivity index (χ3n) is 2.78. The van der Waals surface area contributed by atoms with Crippen LogP contribution in [0.4, 0.5) is 0 Å². The molecule has 0 saturated heterocycles.